The van der Waals surface area contributed by atoms with Gasteiger partial charge in [-0.05, 0) is 84.1 Å². The highest BCUT2D eigenvalue weighted by Gasteiger charge is 2.43. The Morgan fingerprint density at radius 2 is 1.66 bits per heavy atom. The quantitative estimate of drug-likeness (QED) is 0.424. The predicted octanol–water partition coefficient (Wildman–Crippen LogP) is 3.64. The van der Waals surface area contributed by atoms with E-state index in [1.54, 1.807) is 27.7 Å². The molecule has 2 aliphatic heterocycles. The summed E-state index contributed by atoms with van der Waals surface area (Å²) in [6, 6.07) is 7.24. The number of carbonyl (C=O) groups excluding carboxylic acids is 3. The van der Waals surface area contributed by atoms with Gasteiger partial charge in [-0.3, -0.25) is 14.5 Å². The van der Waals surface area contributed by atoms with Crippen LogP contribution in [0.15, 0.2) is 24.3 Å². The molecule has 3 aliphatic rings. The van der Waals surface area contributed by atoms with Gasteiger partial charge < -0.3 is 19.7 Å². The lowest BCUT2D eigenvalue weighted by Gasteiger charge is -2.42. The number of nitrogens with zero attached hydrogens (tertiary/aromatic N) is 2. The highest BCUT2D eigenvalue weighted by molar-refractivity contribution is 5.99. The molecule has 35 heavy (non-hydrogen) atoms. The van der Waals surface area contributed by atoms with Crippen LogP contribution in [0, 0.1) is 5.92 Å². The Balaban J connectivity index is 1.18. The second-order valence-corrected chi connectivity index (χ2v) is 11.1. The van der Waals surface area contributed by atoms with Gasteiger partial charge in [-0.15, -0.1) is 0 Å². The zero-order valence-electron chi connectivity index (χ0n) is 21.4. The van der Waals surface area contributed by atoms with Gasteiger partial charge in [0.1, 0.15) is 17.4 Å². The van der Waals surface area contributed by atoms with Crippen molar-refractivity contribution in [3.63, 3.8) is 0 Å². The third kappa shape index (κ3) is 6.75. The molecule has 1 aromatic carbocycles. The maximum absolute atomic E-state index is 13.1. The number of amides is 2. The van der Waals surface area contributed by atoms with Gasteiger partial charge in [-0.2, -0.15) is 0 Å². The van der Waals surface area contributed by atoms with Crippen molar-refractivity contribution >= 4 is 17.8 Å². The molecule has 2 amide bonds. The molecule has 1 saturated carbocycles. The lowest BCUT2D eigenvalue weighted by molar-refractivity contribution is -0.138. The number of nitrogens with one attached hydrogen (secondary N) is 1. The monoisotopic (exact) mass is 485 g/mol. The van der Waals surface area contributed by atoms with E-state index in [0.717, 1.165) is 63.1 Å². The summed E-state index contributed by atoms with van der Waals surface area (Å²) in [6.45, 7) is 10.4. The van der Waals surface area contributed by atoms with Gasteiger partial charge in [0, 0.05) is 43.2 Å². The van der Waals surface area contributed by atoms with Gasteiger partial charge in [0.2, 0.25) is 5.91 Å². The van der Waals surface area contributed by atoms with Gasteiger partial charge in [-0.25, -0.2) is 4.79 Å². The minimum atomic E-state index is -0.612. The van der Waals surface area contributed by atoms with Crippen LogP contribution in [0.4, 0.5) is 4.79 Å². The first kappa shape index (κ1) is 25.5. The number of piperazine rings is 1. The zero-order valence-corrected chi connectivity index (χ0v) is 21.4. The molecule has 3 fully saturated rings. The van der Waals surface area contributed by atoms with Gasteiger partial charge >= 0.3 is 6.09 Å². The first-order valence-corrected chi connectivity index (χ1v) is 12.9. The van der Waals surface area contributed by atoms with Crippen molar-refractivity contribution in [3.8, 4) is 5.75 Å². The Labute approximate surface area is 208 Å². The van der Waals surface area contributed by atoms with Crippen molar-refractivity contribution in [3.05, 3.63) is 29.8 Å². The molecule has 2 unspecified atom stereocenters. The third-order valence-corrected chi connectivity index (χ3v) is 6.89. The number of hydrogen-bond acceptors (Lipinski definition) is 6. The summed E-state index contributed by atoms with van der Waals surface area (Å²) in [5.74, 6) is 1.24. The molecule has 8 heteroatoms. The largest absolute Gasteiger partial charge is 0.494 e. The van der Waals surface area contributed by atoms with Crippen LogP contribution in [0.5, 0.6) is 5.75 Å². The molecule has 0 radical (unpaired) electrons. The number of likely N-dealkylation sites (tertiary alicyclic amines) is 1. The van der Waals surface area contributed by atoms with Gasteiger partial charge in [0.05, 0.1) is 6.61 Å². The molecule has 1 N–H and O–H groups in total. The molecule has 0 aromatic heterocycles. The molecule has 1 aliphatic carbocycles. The fourth-order valence-corrected chi connectivity index (χ4v) is 5.08. The number of hydrogen-bond donors (Lipinski definition) is 1. The molecule has 3 atom stereocenters. The molecule has 2 heterocycles. The highest BCUT2D eigenvalue weighted by Crippen LogP contribution is 2.33. The van der Waals surface area contributed by atoms with E-state index in [1.807, 2.05) is 29.2 Å². The Morgan fingerprint density at radius 3 is 2.23 bits per heavy atom. The fourth-order valence-electron chi connectivity index (χ4n) is 5.08. The van der Waals surface area contributed by atoms with Crippen LogP contribution in [-0.2, 0) is 9.53 Å². The van der Waals surface area contributed by atoms with Gasteiger partial charge in [0.15, 0.2) is 5.78 Å². The normalized spacial score (nSPS) is 23.0. The van der Waals surface area contributed by atoms with Crippen LogP contribution in [0.25, 0.3) is 0 Å². The number of ketones is 1. The molecule has 192 valence electrons. The van der Waals surface area contributed by atoms with Gasteiger partial charge in [0.25, 0.3) is 0 Å². The average Bonchev–Trinajstić information content (AvgIpc) is 3.60. The van der Waals surface area contributed by atoms with E-state index in [1.165, 1.54) is 0 Å². The summed E-state index contributed by atoms with van der Waals surface area (Å²) in [4.78, 5) is 41.7. The summed E-state index contributed by atoms with van der Waals surface area (Å²) in [5.41, 5.74) is 0.179. The van der Waals surface area contributed by atoms with Gasteiger partial charge in [-0.1, -0.05) is 0 Å². The van der Waals surface area contributed by atoms with Crippen molar-refractivity contribution in [1.82, 2.24) is 15.1 Å². The van der Waals surface area contributed by atoms with Crippen LogP contribution in [-0.4, -0.2) is 77.6 Å². The molecule has 2 bridgehead atoms. The van der Waals surface area contributed by atoms with Crippen molar-refractivity contribution in [2.24, 2.45) is 5.92 Å². The molecule has 8 nitrogen and oxygen atoms in total. The Morgan fingerprint density at radius 1 is 1.03 bits per heavy atom. The standard InChI is InChI=1S/C27H39N3O5/c1-18(28-26(33)35-27(2,3)4)25(32)30-21-10-11-22(30)17-29(16-21)14-5-15-34-23-12-8-20(9-13-23)24(31)19-6-7-19/h8-9,12-13,18-19,21-22H,5-7,10-11,14-17H2,1-4H3,(H,28,33)/t18-,21?,22?/m1/s1. The van der Waals surface area contributed by atoms with E-state index >= 15 is 0 Å². The van der Waals surface area contributed by atoms with E-state index in [9.17, 15) is 14.4 Å². The number of ether oxygens (including phenoxy) is 2. The van der Waals surface area contributed by atoms with Crippen molar-refractivity contribution in [2.45, 2.75) is 83.5 Å². The van der Waals surface area contributed by atoms with E-state index < -0.39 is 17.7 Å². The molecule has 0 spiro atoms. The van der Waals surface area contributed by atoms with Crippen molar-refractivity contribution < 1.29 is 23.9 Å². The van der Waals surface area contributed by atoms with E-state index in [4.69, 9.17) is 9.47 Å². The van der Waals surface area contributed by atoms with E-state index in [-0.39, 0.29) is 29.7 Å². The van der Waals surface area contributed by atoms with E-state index in [2.05, 4.69) is 10.2 Å². The van der Waals surface area contributed by atoms with E-state index in [0.29, 0.717) is 6.61 Å². The predicted molar refractivity (Wildman–Crippen MR) is 133 cm³/mol. The van der Waals surface area contributed by atoms with Crippen LogP contribution in [0.2, 0.25) is 0 Å². The second kappa shape index (κ2) is 10.6. The van der Waals surface area contributed by atoms with Crippen LogP contribution in [0.3, 0.4) is 0 Å². The van der Waals surface area contributed by atoms with Crippen molar-refractivity contribution in [2.75, 3.05) is 26.2 Å². The second-order valence-electron chi connectivity index (χ2n) is 11.1. The number of carbonyl (C=O) groups is 3. The highest BCUT2D eigenvalue weighted by atomic mass is 16.6. The summed E-state index contributed by atoms with van der Waals surface area (Å²) in [5, 5.41) is 2.69. The summed E-state index contributed by atoms with van der Waals surface area (Å²) >= 11 is 0. The number of alkyl carbamates (subject to hydrolysis) is 1. The number of fused-ring (bicyclic) bond motifs is 2. The minimum absolute atomic E-state index is 0.0324. The Kier molecular flexibility index (Phi) is 7.69. The molecular weight excluding hydrogens is 446 g/mol. The SMILES string of the molecule is C[C@@H](NC(=O)OC(C)(C)C)C(=O)N1C2CCC1CN(CCCOc1ccc(C(=O)C3CC3)cc1)C2. The minimum Gasteiger partial charge on any atom is -0.494 e. The molecule has 1 aromatic rings. The smallest absolute Gasteiger partial charge is 0.408 e. The van der Waals surface area contributed by atoms with Crippen LogP contribution >= 0.6 is 0 Å². The Bertz CT molecular complexity index is 908. The topological polar surface area (TPSA) is 88.2 Å². The van der Waals surface area contributed by atoms with Crippen LogP contribution < -0.4 is 10.1 Å². The first-order chi connectivity index (χ1) is 16.6. The first-order valence-electron chi connectivity index (χ1n) is 12.9. The summed E-state index contributed by atoms with van der Waals surface area (Å²) in [7, 11) is 0. The lowest BCUT2D eigenvalue weighted by Crippen LogP contribution is -2.59. The van der Waals surface area contributed by atoms with Crippen molar-refractivity contribution in [1.29, 1.82) is 0 Å². The number of benzene rings is 1. The maximum atomic E-state index is 13.1. The summed E-state index contributed by atoms with van der Waals surface area (Å²) in [6.07, 6.45) is 4.36. The fraction of sp³-hybridized carbons (Fsp3) is 0.667. The molecule has 2 saturated heterocycles. The number of rotatable bonds is 9. The maximum Gasteiger partial charge on any atom is 0.408 e. The summed E-state index contributed by atoms with van der Waals surface area (Å²) < 4.78 is 11.2. The molecular formula is C27H39N3O5. The molecule has 4 rings (SSSR count). The average molecular weight is 486 g/mol. The third-order valence-electron chi connectivity index (χ3n) is 6.89. The lowest BCUT2D eigenvalue weighted by atomic mass is 10.1. The Hall–Kier alpha value is -2.61. The number of Topliss-reactive ketones (excluding diaryl/α,β-unsaturated/α-hetero) is 1. The zero-order chi connectivity index (χ0) is 25.2. The van der Waals surface area contributed by atoms with Crippen LogP contribution in [0.1, 0.15) is 70.2 Å².